The van der Waals surface area contributed by atoms with Crippen LogP contribution in [0.4, 0.5) is 0 Å². The summed E-state index contributed by atoms with van der Waals surface area (Å²) in [7, 11) is 0. The summed E-state index contributed by atoms with van der Waals surface area (Å²) in [6.45, 7) is 0. The van der Waals surface area contributed by atoms with E-state index in [1.54, 1.807) is 11.3 Å². The first-order valence-corrected chi connectivity index (χ1v) is 6.95. The molecule has 1 fully saturated rings. The molecule has 0 aromatic carbocycles. The van der Waals surface area contributed by atoms with Gasteiger partial charge in [-0.3, -0.25) is 11.3 Å². The third-order valence-corrected chi connectivity index (χ3v) is 4.56. The zero-order valence-corrected chi connectivity index (χ0v) is 11.0. The lowest BCUT2D eigenvalue weighted by Gasteiger charge is -2.13. The zero-order chi connectivity index (χ0) is 9.97. The van der Waals surface area contributed by atoms with Gasteiger partial charge in [-0.25, -0.2) is 0 Å². The lowest BCUT2D eigenvalue weighted by atomic mass is 10.0. The molecule has 1 aliphatic carbocycles. The van der Waals surface area contributed by atoms with E-state index in [1.807, 2.05) is 0 Å². The zero-order valence-electron chi connectivity index (χ0n) is 8.00. The molecule has 3 N–H and O–H groups in total. The van der Waals surface area contributed by atoms with E-state index >= 15 is 0 Å². The Kier molecular flexibility index (Phi) is 3.81. The van der Waals surface area contributed by atoms with Crippen LogP contribution in [0.15, 0.2) is 11.4 Å². The van der Waals surface area contributed by atoms with E-state index < -0.39 is 0 Å². The minimum absolute atomic E-state index is 0.357. The monoisotopic (exact) mass is 322 g/mol. The molecule has 0 aliphatic heterocycles. The molecule has 1 heterocycles. The molecule has 0 bridgehead atoms. The molecule has 2 nitrogen and oxygen atoms in total. The van der Waals surface area contributed by atoms with Gasteiger partial charge in [-0.1, -0.05) is 12.8 Å². The third-order valence-electron chi connectivity index (χ3n) is 2.75. The normalized spacial score (nSPS) is 18.4. The molecule has 1 aliphatic rings. The van der Waals surface area contributed by atoms with Gasteiger partial charge in [-0.2, -0.15) is 0 Å². The predicted octanol–water partition coefficient (Wildman–Crippen LogP) is 3.05. The van der Waals surface area contributed by atoms with Crippen LogP contribution >= 0.6 is 33.9 Å². The van der Waals surface area contributed by atoms with Crippen LogP contribution in [0.3, 0.4) is 0 Å². The van der Waals surface area contributed by atoms with Gasteiger partial charge in [0, 0.05) is 6.04 Å². The molecular weight excluding hydrogens is 307 g/mol. The lowest BCUT2D eigenvalue weighted by Crippen LogP contribution is -2.27. The van der Waals surface area contributed by atoms with Crippen molar-refractivity contribution in [3.8, 4) is 0 Å². The maximum atomic E-state index is 5.57. The number of rotatable bonds is 5. The number of halogens is 1. The summed E-state index contributed by atoms with van der Waals surface area (Å²) in [4.78, 5) is 0. The number of hydrogen-bond acceptors (Lipinski definition) is 3. The second-order valence-electron chi connectivity index (χ2n) is 3.92. The number of thiophene rings is 1. The van der Waals surface area contributed by atoms with Gasteiger partial charge >= 0.3 is 0 Å². The molecule has 1 unspecified atom stereocenters. The summed E-state index contributed by atoms with van der Waals surface area (Å²) in [5.41, 5.74) is 4.27. The molecule has 0 radical (unpaired) electrons. The van der Waals surface area contributed by atoms with Gasteiger partial charge in [0.15, 0.2) is 0 Å². The Morgan fingerprint density at radius 3 is 2.93 bits per heavy atom. The van der Waals surface area contributed by atoms with Gasteiger partial charge < -0.3 is 0 Å². The Hall–Kier alpha value is 0.350. The van der Waals surface area contributed by atoms with Gasteiger partial charge in [0.05, 0.1) is 2.88 Å². The highest BCUT2D eigenvalue weighted by Crippen LogP contribution is 2.36. The molecule has 1 atom stereocenters. The lowest BCUT2D eigenvalue weighted by molar-refractivity contribution is 0.483. The third kappa shape index (κ3) is 2.92. The summed E-state index contributed by atoms with van der Waals surface area (Å²) in [6.07, 6.45) is 5.35. The first kappa shape index (κ1) is 10.9. The molecule has 14 heavy (non-hydrogen) atoms. The maximum absolute atomic E-state index is 5.57. The van der Waals surface area contributed by atoms with Crippen LogP contribution in [0.1, 0.15) is 37.3 Å². The summed E-state index contributed by atoms with van der Waals surface area (Å²) in [6, 6.07) is 2.58. The van der Waals surface area contributed by atoms with Crippen molar-refractivity contribution in [2.45, 2.75) is 31.7 Å². The minimum atomic E-state index is 0.357. The molecule has 1 saturated carbocycles. The highest BCUT2D eigenvalue weighted by Gasteiger charge is 2.22. The minimum Gasteiger partial charge on any atom is -0.271 e. The van der Waals surface area contributed by atoms with Crippen molar-refractivity contribution in [3.63, 3.8) is 0 Å². The molecule has 0 saturated heterocycles. The van der Waals surface area contributed by atoms with Crippen molar-refractivity contribution < 1.29 is 0 Å². The predicted molar refractivity (Wildman–Crippen MR) is 69.1 cm³/mol. The highest BCUT2D eigenvalue weighted by atomic mass is 127. The van der Waals surface area contributed by atoms with Crippen LogP contribution in [-0.2, 0) is 0 Å². The van der Waals surface area contributed by atoms with Gasteiger partial charge in [0.1, 0.15) is 0 Å². The van der Waals surface area contributed by atoms with Gasteiger partial charge in [0.25, 0.3) is 0 Å². The number of hydrazine groups is 1. The summed E-state index contributed by atoms with van der Waals surface area (Å²) in [5.74, 6) is 6.56. The standard InChI is InChI=1S/C10H15IN2S/c11-10-5-8(6-14-10)9(13-12)4-3-7-1-2-7/h5-7,9,13H,1-4,12H2. The fourth-order valence-corrected chi connectivity index (χ4v) is 3.09. The Morgan fingerprint density at radius 2 is 2.43 bits per heavy atom. The van der Waals surface area contributed by atoms with Crippen LogP contribution in [0.2, 0.25) is 0 Å². The summed E-state index contributed by atoms with van der Waals surface area (Å²) < 4.78 is 1.34. The van der Waals surface area contributed by atoms with E-state index in [4.69, 9.17) is 5.84 Å². The van der Waals surface area contributed by atoms with Crippen molar-refractivity contribution in [1.82, 2.24) is 5.43 Å². The summed E-state index contributed by atoms with van der Waals surface area (Å²) in [5, 5.41) is 2.21. The molecule has 2 rings (SSSR count). The SMILES string of the molecule is NNC(CCC1CC1)c1csc(I)c1. The molecule has 1 aromatic rings. The maximum Gasteiger partial charge on any atom is 0.0656 e. The molecule has 4 heteroatoms. The highest BCUT2D eigenvalue weighted by molar-refractivity contribution is 14.1. The van der Waals surface area contributed by atoms with E-state index in [1.165, 1.54) is 34.1 Å². The molecule has 1 aromatic heterocycles. The first-order valence-electron chi connectivity index (χ1n) is 4.99. The molecule has 0 amide bonds. The summed E-state index contributed by atoms with van der Waals surface area (Å²) >= 11 is 4.14. The quantitative estimate of drug-likeness (QED) is 0.497. The topological polar surface area (TPSA) is 38.0 Å². The molecule has 78 valence electrons. The van der Waals surface area contributed by atoms with Crippen molar-refractivity contribution >= 4 is 33.9 Å². The van der Waals surface area contributed by atoms with Crippen LogP contribution in [0.25, 0.3) is 0 Å². The Morgan fingerprint density at radius 1 is 1.64 bits per heavy atom. The second kappa shape index (κ2) is 4.92. The van der Waals surface area contributed by atoms with Gasteiger partial charge in [0.2, 0.25) is 0 Å². The van der Waals surface area contributed by atoms with Crippen molar-refractivity contribution in [2.75, 3.05) is 0 Å². The van der Waals surface area contributed by atoms with E-state index in [0.29, 0.717) is 6.04 Å². The van der Waals surface area contributed by atoms with E-state index in [0.717, 1.165) is 5.92 Å². The molecular formula is C10H15IN2S. The number of nitrogens with two attached hydrogens (primary N) is 1. The smallest absolute Gasteiger partial charge is 0.0656 e. The van der Waals surface area contributed by atoms with Crippen LogP contribution in [0.5, 0.6) is 0 Å². The second-order valence-corrected chi connectivity index (χ2v) is 6.73. The molecule has 0 spiro atoms. The largest absolute Gasteiger partial charge is 0.271 e. The van der Waals surface area contributed by atoms with Crippen molar-refractivity contribution in [3.05, 3.63) is 19.9 Å². The number of nitrogens with one attached hydrogen (secondary N) is 1. The van der Waals surface area contributed by atoms with E-state index in [2.05, 4.69) is 39.5 Å². The van der Waals surface area contributed by atoms with Gasteiger partial charge in [-0.05, 0) is 58.4 Å². The fourth-order valence-electron chi connectivity index (χ4n) is 1.66. The first-order chi connectivity index (χ1) is 6.79. The number of hydrogen-bond donors (Lipinski definition) is 2. The van der Waals surface area contributed by atoms with Crippen LogP contribution < -0.4 is 11.3 Å². The van der Waals surface area contributed by atoms with Crippen LogP contribution in [0, 0.1) is 8.80 Å². The van der Waals surface area contributed by atoms with Crippen molar-refractivity contribution in [2.24, 2.45) is 11.8 Å². The van der Waals surface area contributed by atoms with Crippen molar-refractivity contribution in [1.29, 1.82) is 0 Å². The van der Waals surface area contributed by atoms with E-state index in [9.17, 15) is 0 Å². The Balaban J connectivity index is 1.90. The average Bonchev–Trinajstić information content (AvgIpc) is 2.90. The van der Waals surface area contributed by atoms with Crippen LogP contribution in [-0.4, -0.2) is 0 Å². The fraction of sp³-hybridized carbons (Fsp3) is 0.600. The Labute approximate surface area is 102 Å². The Bertz CT molecular complexity index is 296. The average molecular weight is 322 g/mol. The van der Waals surface area contributed by atoms with E-state index in [-0.39, 0.29) is 0 Å². The van der Waals surface area contributed by atoms with Gasteiger partial charge in [-0.15, -0.1) is 11.3 Å².